The number of alkyl halides is 2. The second-order valence-electron chi connectivity index (χ2n) is 5.17. The van der Waals surface area contributed by atoms with Gasteiger partial charge in [0.25, 0.3) is 5.91 Å². The molecule has 0 radical (unpaired) electrons. The molecule has 5 nitrogen and oxygen atoms in total. The Bertz CT molecular complexity index is 738. The van der Waals surface area contributed by atoms with Crippen LogP contribution in [-0.2, 0) is 4.79 Å². The lowest BCUT2D eigenvalue weighted by Crippen LogP contribution is -2.46. The zero-order valence-corrected chi connectivity index (χ0v) is 12.7. The van der Waals surface area contributed by atoms with Gasteiger partial charge in [-0.2, -0.15) is 8.78 Å². The van der Waals surface area contributed by atoms with Crippen molar-refractivity contribution in [3.63, 3.8) is 0 Å². The van der Waals surface area contributed by atoms with Crippen LogP contribution in [0.3, 0.4) is 0 Å². The zero-order valence-electron chi connectivity index (χ0n) is 12.7. The quantitative estimate of drug-likeness (QED) is 0.930. The molecule has 2 unspecified atom stereocenters. The maximum Gasteiger partial charge on any atom is 0.387 e. The fourth-order valence-electron chi connectivity index (χ4n) is 2.38. The van der Waals surface area contributed by atoms with Crippen molar-refractivity contribution < 1.29 is 27.8 Å². The number of ether oxygens (including phenoxy) is 3. The molecule has 1 N–H and O–H groups in total. The summed E-state index contributed by atoms with van der Waals surface area (Å²) in [5.74, 6) is 0.372. The van der Waals surface area contributed by atoms with Crippen LogP contribution in [0.15, 0.2) is 48.5 Å². The SMILES string of the molecule is CC1Oc2ccccc2OC1C(=O)Nc1ccccc1OC(F)F. The Hall–Kier alpha value is -2.83. The molecule has 7 heteroatoms. The first-order valence-corrected chi connectivity index (χ1v) is 7.31. The molecule has 24 heavy (non-hydrogen) atoms. The van der Waals surface area contributed by atoms with Crippen LogP contribution >= 0.6 is 0 Å². The molecule has 0 saturated heterocycles. The van der Waals surface area contributed by atoms with E-state index in [0.29, 0.717) is 11.5 Å². The fourth-order valence-corrected chi connectivity index (χ4v) is 2.38. The number of amides is 1. The predicted octanol–water partition coefficient (Wildman–Crippen LogP) is 3.46. The molecule has 0 spiro atoms. The van der Waals surface area contributed by atoms with Crippen molar-refractivity contribution in [1.82, 2.24) is 0 Å². The molecule has 2 aromatic rings. The molecule has 1 aliphatic rings. The average molecular weight is 335 g/mol. The molecular weight excluding hydrogens is 320 g/mol. The number of hydrogen-bond acceptors (Lipinski definition) is 4. The lowest BCUT2D eigenvalue weighted by molar-refractivity contribution is -0.128. The Morgan fingerprint density at radius 3 is 2.42 bits per heavy atom. The zero-order chi connectivity index (χ0) is 17.1. The normalized spacial score (nSPS) is 19.0. The molecule has 0 bridgehead atoms. The lowest BCUT2D eigenvalue weighted by Gasteiger charge is -2.31. The standard InChI is InChI=1S/C17H15F2NO4/c1-10-15(23-14-9-5-4-8-13(14)22-10)16(21)20-11-6-2-3-7-12(11)24-17(18)19/h2-10,15,17H,1H3,(H,20,21). The first kappa shape index (κ1) is 16.0. The van der Waals surface area contributed by atoms with Crippen molar-refractivity contribution in [2.24, 2.45) is 0 Å². The van der Waals surface area contributed by atoms with E-state index in [1.165, 1.54) is 18.2 Å². The topological polar surface area (TPSA) is 56.8 Å². The van der Waals surface area contributed by atoms with Crippen LogP contribution in [-0.4, -0.2) is 24.7 Å². The number of carbonyl (C=O) groups is 1. The van der Waals surface area contributed by atoms with Crippen LogP contribution in [0, 0.1) is 0 Å². The molecule has 3 rings (SSSR count). The largest absolute Gasteiger partial charge is 0.482 e. The fraction of sp³-hybridized carbons (Fsp3) is 0.235. The Kier molecular flexibility index (Phi) is 4.50. The van der Waals surface area contributed by atoms with Gasteiger partial charge < -0.3 is 19.5 Å². The number of hydrogen-bond donors (Lipinski definition) is 1. The highest BCUT2D eigenvalue weighted by Crippen LogP contribution is 2.34. The van der Waals surface area contributed by atoms with Gasteiger partial charge in [0.15, 0.2) is 11.5 Å². The summed E-state index contributed by atoms with van der Waals surface area (Å²) in [6.07, 6.45) is -1.46. The van der Waals surface area contributed by atoms with Crippen molar-refractivity contribution in [2.45, 2.75) is 25.7 Å². The molecule has 2 atom stereocenters. The average Bonchev–Trinajstić information content (AvgIpc) is 2.55. The molecule has 1 aliphatic heterocycles. The summed E-state index contributed by atoms with van der Waals surface area (Å²) in [6, 6.07) is 12.9. The van der Waals surface area contributed by atoms with Gasteiger partial charge in [-0.1, -0.05) is 24.3 Å². The van der Waals surface area contributed by atoms with Crippen molar-refractivity contribution in [3.05, 3.63) is 48.5 Å². The first-order chi connectivity index (χ1) is 11.5. The lowest BCUT2D eigenvalue weighted by atomic mass is 10.1. The van der Waals surface area contributed by atoms with Gasteiger partial charge in [0, 0.05) is 0 Å². The maximum atomic E-state index is 12.5. The summed E-state index contributed by atoms with van der Waals surface area (Å²) >= 11 is 0. The van der Waals surface area contributed by atoms with Crippen molar-refractivity contribution in [1.29, 1.82) is 0 Å². The summed E-state index contributed by atoms with van der Waals surface area (Å²) in [6.45, 7) is -1.29. The van der Waals surface area contributed by atoms with Crippen LogP contribution in [0.1, 0.15) is 6.92 Å². The van der Waals surface area contributed by atoms with Crippen molar-refractivity contribution >= 4 is 11.6 Å². The third kappa shape index (κ3) is 3.40. The second kappa shape index (κ2) is 6.74. The highest BCUT2D eigenvalue weighted by molar-refractivity contribution is 5.96. The van der Waals surface area contributed by atoms with Crippen LogP contribution in [0.2, 0.25) is 0 Å². The number of benzene rings is 2. The van der Waals surface area contributed by atoms with Crippen LogP contribution < -0.4 is 19.5 Å². The van der Waals surface area contributed by atoms with Gasteiger partial charge in [0.05, 0.1) is 5.69 Å². The summed E-state index contributed by atoms with van der Waals surface area (Å²) in [7, 11) is 0. The number of nitrogens with one attached hydrogen (secondary N) is 1. The minimum Gasteiger partial charge on any atom is -0.482 e. The minimum absolute atomic E-state index is 0.120. The van der Waals surface area contributed by atoms with E-state index in [2.05, 4.69) is 10.1 Å². The highest BCUT2D eigenvalue weighted by Gasteiger charge is 2.34. The number of fused-ring (bicyclic) bond motifs is 1. The van der Waals surface area contributed by atoms with Gasteiger partial charge in [0.2, 0.25) is 6.10 Å². The van der Waals surface area contributed by atoms with Gasteiger partial charge in [-0.25, -0.2) is 0 Å². The van der Waals surface area contributed by atoms with E-state index in [4.69, 9.17) is 9.47 Å². The van der Waals surface area contributed by atoms with Gasteiger partial charge in [-0.05, 0) is 31.2 Å². The van der Waals surface area contributed by atoms with Crippen LogP contribution in [0.4, 0.5) is 14.5 Å². The summed E-state index contributed by atoms with van der Waals surface area (Å²) in [5.41, 5.74) is 0.137. The Labute approximate surface area is 137 Å². The van der Waals surface area contributed by atoms with Gasteiger partial charge >= 0.3 is 6.61 Å². The summed E-state index contributed by atoms with van der Waals surface area (Å²) in [4.78, 5) is 12.5. The maximum absolute atomic E-state index is 12.5. The van der Waals surface area contributed by atoms with E-state index in [1.54, 1.807) is 37.3 Å². The molecule has 0 aliphatic carbocycles. The van der Waals surface area contributed by atoms with Gasteiger partial charge in [-0.3, -0.25) is 4.79 Å². The molecule has 0 aromatic heterocycles. The number of halogens is 2. The van der Waals surface area contributed by atoms with Crippen LogP contribution in [0.5, 0.6) is 17.2 Å². The van der Waals surface area contributed by atoms with Gasteiger partial charge in [-0.15, -0.1) is 0 Å². The van der Waals surface area contributed by atoms with E-state index in [-0.39, 0.29) is 11.4 Å². The van der Waals surface area contributed by atoms with Gasteiger partial charge in [0.1, 0.15) is 11.9 Å². The molecule has 1 amide bonds. The molecule has 0 saturated carbocycles. The third-order valence-corrected chi connectivity index (χ3v) is 3.46. The molecule has 126 valence electrons. The smallest absolute Gasteiger partial charge is 0.387 e. The minimum atomic E-state index is -2.98. The highest BCUT2D eigenvalue weighted by atomic mass is 19.3. The Morgan fingerprint density at radius 1 is 1.08 bits per heavy atom. The van der Waals surface area contributed by atoms with Crippen molar-refractivity contribution in [3.8, 4) is 17.2 Å². The summed E-state index contributed by atoms with van der Waals surface area (Å²) < 4.78 is 40.6. The summed E-state index contributed by atoms with van der Waals surface area (Å²) in [5, 5.41) is 2.54. The van der Waals surface area contributed by atoms with Crippen molar-refractivity contribution in [2.75, 3.05) is 5.32 Å². The van der Waals surface area contributed by atoms with E-state index in [0.717, 1.165) is 0 Å². The molecular formula is C17H15F2NO4. The number of carbonyl (C=O) groups excluding carboxylic acids is 1. The molecule has 1 heterocycles. The van der Waals surface area contributed by atoms with Crippen LogP contribution in [0.25, 0.3) is 0 Å². The number of anilines is 1. The predicted molar refractivity (Wildman–Crippen MR) is 82.7 cm³/mol. The van der Waals surface area contributed by atoms with E-state index in [9.17, 15) is 13.6 Å². The van der Waals surface area contributed by atoms with E-state index >= 15 is 0 Å². The van der Waals surface area contributed by atoms with E-state index in [1.807, 2.05) is 0 Å². The third-order valence-electron chi connectivity index (χ3n) is 3.46. The second-order valence-corrected chi connectivity index (χ2v) is 5.17. The monoisotopic (exact) mass is 335 g/mol. The Morgan fingerprint density at radius 2 is 1.71 bits per heavy atom. The molecule has 2 aromatic carbocycles. The molecule has 0 fully saturated rings. The number of para-hydroxylation sites is 4. The first-order valence-electron chi connectivity index (χ1n) is 7.31. The van der Waals surface area contributed by atoms with E-state index < -0.39 is 24.7 Å². The Balaban J connectivity index is 1.76. The number of rotatable bonds is 4.